The average Bonchev–Trinajstić information content (AvgIpc) is 2.61. The normalized spacial score (nSPS) is 9.62. The molecule has 4 heteroatoms. The Morgan fingerprint density at radius 3 is 3.31 bits per heavy atom. The smallest absolute Gasteiger partial charge is 0.156 e. The molecule has 0 atom stereocenters. The second-order valence-electron chi connectivity index (χ2n) is 2.40. The maximum absolute atomic E-state index is 5.42. The zero-order chi connectivity index (χ0) is 9.10. The van der Waals surface area contributed by atoms with E-state index in [1.54, 1.807) is 12.4 Å². The molecular weight excluding hydrogens is 186 g/mol. The Balaban J connectivity index is 2.48. The largest absolute Gasteiger partial charge is 0.345 e. The van der Waals surface area contributed by atoms with Crippen LogP contribution in [0.3, 0.4) is 0 Å². The third-order valence-electron chi connectivity index (χ3n) is 1.54. The molecule has 3 nitrogen and oxygen atoms in total. The molecule has 0 unspecified atom stereocenters. The van der Waals surface area contributed by atoms with Crippen LogP contribution in [0.2, 0.25) is 0 Å². The molecule has 0 aliphatic rings. The van der Waals surface area contributed by atoms with Crippen molar-refractivity contribution in [3.05, 3.63) is 24.2 Å². The number of halogens is 1. The van der Waals surface area contributed by atoms with Crippen molar-refractivity contribution in [3.63, 3.8) is 0 Å². The van der Waals surface area contributed by atoms with E-state index in [-0.39, 0.29) is 0 Å². The van der Waals surface area contributed by atoms with Crippen LogP contribution in [0.4, 0.5) is 0 Å². The van der Waals surface area contributed by atoms with Gasteiger partial charge in [0.25, 0.3) is 0 Å². The molecule has 64 valence electrons. The molecule has 0 aliphatic carbocycles. The maximum Gasteiger partial charge on any atom is 0.156 e. The van der Waals surface area contributed by atoms with E-state index >= 15 is 0 Å². The van der Waals surface area contributed by atoms with Gasteiger partial charge in [-0.3, -0.25) is 0 Å². The van der Waals surface area contributed by atoms with Gasteiger partial charge in [0.2, 0.25) is 0 Å². The first-order valence-corrected chi connectivity index (χ1v) is 4.28. The second-order valence-corrected chi connectivity index (χ2v) is 2.67. The van der Waals surface area contributed by atoms with Crippen LogP contribution >= 0.6 is 11.6 Å². The molecular formula is C9H6ClN3. The van der Waals surface area contributed by atoms with Gasteiger partial charge >= 0.3 is 0 Å². The third-order valence-corrected chi connectivity index (χ3v) is 1.68. The first-order valence-electron chi connectivity index (χ1n) is 3.75. The van der Waals surface area contributed by atoms with Gasteiger partial charge in [-0.05, 0) is 12.0 Å². The van der Waals surface area contributed by atoms with Gasteiger partial charge < -0.3 is 4.98 Å². The summed E-state index contributed by atoms with van der Waals surface area (Å²) in [7, 11) is 0. The van der Waals surface area contributed by atoms with Gasteiger partial charge in [0, 0.05) is 6.20 Å². The van der Waals surface area contributed by atoms with Crippen molar-refractivity contribution in [1.29, 1.82) is 0 Å². The summed E-state index contributed by atoms with van der Waals surface area (Å²) in [5, 5.41) is 0. The van der Waals surface area contributed by atoms with Crippen molar-refractivity contribution in [2.45, 2.75) is 0 Å². The lowest BCUT2D eigenvalue weighted by atomic mass is 10.4. The van der Waals surface area contributed by atoms with Crippen LogP contribution in [0.1, 0.15) is 5.69 Å². The van der Waals surface area contributed by atoms with Crippen molar-refractivity contribution < 1.29 is 0 Å². The van der Waals surface area contributed by atoms with Crippen LogP contribution in [0.15, 0.2) is 18.5 Å². The maximum atomic E-state index is 5.42. The summed E-state index contributed by atoms with van der Waals surface area (Å²) in [5.74, 6) is 5.84. The van der Waals surface area contributed by atoms with Gasteiger partial charge in [0.1, 0.15) is 11.2 Å². The molecule has 2 aromatic heterocycles. The van der Waals surface area contributed by atoms with Gasteiger partial charge in [-0.25, -0.2) is 9.97 Å². The lowest BCUT2D eigenvalue weighted by Crippen LogP contribution is -1.85. The van der Waals surface area contributed by atoms with E-state index < -0.39 is 0 Å². The number of rotatable bonds is 0. The van der Waals surface area contributed by atoms with Gasteiger partial charge in [-0.1, -0.05) is 5.92 Å². The van der Waals surface area contributed by atoms with E-state index in [1.807, 2.05) is 6.07 Å². The zero-order valence-electron chi connectivity index (χ0n) is 6.71. The van der Waals surface area contributed by atoms with E-state index in [0.717, 1.165) is 11.2 Å². The fourth-order valence-electron chi connectivity index (χ4n) is 1.01. The molecule has 13 heavy (non-hydrogen) atoms. The van der Waals surface area contributed by atoms with Crippen LogP contribution in [0.5, 0.6) is 0 Å². The Hall–Kier alpha value is -1.53. The van der Waals surface area contributed by atoms with Gasteiger partial charge in [0.05, 0.1) is 12.1 Å². The highest BCUT2D eigenvalue weighted by Gasteiger charge is 1.96. The standard InChI is InChI=1S/C9H6ClN3/c10-4-1-2-7-6-12-9-8(13-7)3-5-11-9/h3,5-6H,4H2,(H,11,12). The number of fused-ring (bicyclic) bond motifs is 1. The molecule has 0 saturated carbocycles. The van der Waals surface area contributed by atoms with Crippen LogP contribution in [0.25, 0.3) is 11.2 Å². The quantitative estimate of drug-likeness (QED) is 0.507. The molecule has 2 rings (SSSR count). The summed E-state index contributed by atoms with van der Waals surface area (Å²) in [6.45, 7) is 0. The topological polar surface area (TPSA) is 41.6 Å². The van der Waals surface area contributed by atoms with Crippen molar-refractivity contribution in [2.75, 3.05) is 5.88 Å². The highest BCUT2D eigenvalue weighted by molar-refractivity contribution is 6.19. The van der Waals surface area contributed by atoms with Crippen LogP contribution in [-0.4, -0.2) is 20.8 Å². The Kier molecular flexibility index (Phi) is 2.15. The van der Waals surface area contributed by atoms with Crippen molar-refractivity contribution in [2.24, 2.45) is 0 Å². The monoisotopic (exact) mass is 191 g/mol. The lowest BCUT2D eigenvalue weighted by Gasteiger charge is -1.89. The summed E-state index contributed by atoms with van der Waals surface area (Å²) in [6, 6.07) is 1.86. The first-order chi connectivity index (χ1) is 6.40. The number of H-pyrrole nitrogens is 1. The number of aromatic nitrogens is 3. The molecule has 0 bridgehead atoms. The minimum Gasteiger partial charge on any atom is -0.345 e. The summed E-state index contributed by atoms with van der Waals surface area (Å²) >= 11 is 5.42. The summed E-state index contributed by atoms with van der Waals surface area (Å²) in [6.07, 6.45) is 3.42. The van der Waals surface area contributed by atoms with Gasteiger partial charge in [-0.15, -0.1) is 11.6 Å². The lowest BCUT2D eigenvalue weighted by molar-refractivity contribution is 1.24. The molecule has 2 aromatic rings. The molecule has 0 radical (unpaired) electrons. The minimum absolute atomic E-state index is 0.312. The number of nitrogens with zero attached hydrogens (tertiary/aromatic N) is 2. The summed E-state index contributed by atoms with van der Waals surface area (Å²) in [4.78, 5) is 11.3. The highest BCUT2D eigenvalue weighted by Crippen LogP contribution is 2.05. The fourth-order valence-corrected chi connectivity index (χ4v) is 1.08. The second kappa shape index (κ2) is 3.46. The molecule has 0 aliphatic heterocycles. The number of aromatic amines is 1. The van der Waals surface area contributed by atoms with E-state index in [2.05, 4.69) is 26.8 Å². The van der Waals surface area contributed by atoms with Crippen molar-refractivity contribution in [1.82, 2.24) is 15.0 Å². The van der Waals surface area contributed by atoms with Crippen LogP contribution in [-0.2, 0) is 0 Å². The predicted octanol–water partition coefficient (Wildman–Crippen LogP) is 1.55. The molecule has 0 saturated heterocycles. The predicted molar refractivity (Wildman–Crippen MR) is 51.5 cm³/mol. The number of alkyl halides is 1. The molecule has 0 fully saturated rings. The van der Waals surface area contributed by atoms with Crippen molar-refractivity contribution in [3.8, 4) is 11.8 Å². The SMILES string of the molecule is ClCC#Cc1cnc2[nH]ccc2n1. The zero-order valence-corrected chi connectivity index (χ0v) is 7.47. The Labute approximate surface area is 80.2 Å². The summed E-state index contributed by atoms with van der Waals surface area (Å²) in [5.41, 5.74) is 2.24. The Morgan fingerprint density at radius 1 is 1.54 bits per heavy atom. The van der Waals surface area contributed by atoms with E-state index in [4.69, 9.17) is 11.6 Å². The number of nitrogens with one attached hydrogen (secondary N) is 1. The van der Waals surface area contributed by atoms with Gasteiger partial charge in [-0.2, -0.15) is 0 Å². The molecule has 1 N–H and O–H groups in total. The van der Waals surface area contributed by atoms with Crippen molar-refractivity contribution >= 4 is 22.8 Å². The van der Waals surface area contributed by atoms with Crippen LogP contribution < -0.4 is 0 Å². The number of hydrogen-bond acceptors (Lipinski definition) is 2. The molecule has 2 heterocycles. The number of hydrogen-bond donors (Lipinski definition) is 1. The minimum atomic E-state index is 0.312. The molecule has 0 aromatic carbocycles. The molecule has 0 amide bonds. The Bertz CT molecular complexity index is 478. The Morgan fingerprint density at radius 2 is 2.46 bits per heavy atom. The first kappa shape index (κ1) is 8.09. The average molecular weight is 192 g/mol. The van der Waals surface area contributed by atoms with Gasteiger partial charge in [0.15, 0.2) is 5.65 Å². The fraction of sp³-hybridized carbons (Fsp3) is 0.111. The third kappa shape index (κ3) is 1.63. The van der Waals surface area contributed by atoms with Crippen LogP contribution in [0, 0.1) is 11.8 Å². The van der Waals surface area contributed by atoms with E-state index in [0.29, 0.717) is 11.6 Å². The molecule has 0 spiro atoms. The van der Waals surface area contributed by atoms with E-state index in [1.165, 1.54) is 0 Å². The highest BCUT2D eigenvalue weighted by atomic mass is 35.5. The van der Waals surface area contributed by atoms with E-state index in [9.17, 15) is 0 Å². The summed E-state index contributed by atoms with van der Waals surface area (Å²) < 4.78 is 0.